The zero-order valence-electron chi connectivity index (χ0n) is 11.0. The van der Waals surface area contributed by atoms with Crippen LogP contribution in [-0.4, -0.2) is 55.1 Å². The van der Waals surface area contributed by atoms with Crippen molar-refractivity contribution in [3.05, 3.63) is 35.4 Å². The van der Waals surface area contributed by atoms with E-state index in [1.807, 2.05) is 0 Å². The van der Waals surface area contributed by atoms with Crippen LogP contribution in [-0.2, 0) is 4.74 Å². The molecule has 4 nitrogen and oxygen atoms in total. The van der Waals surface area contributed by atoms with Crippen LogP contribution in [0.4, 0.5) is 8.78 Å². The van der Waals surface area contributed by atoms with Crippen LogP contribution in [0.1, 0.15) is 11.7 Å². The number of methoxy groups -OCH3 is 1. The normalized spacial score (nSPS) is 14.7. The third kappa shape index (κ3) is 5.20. The molecule has 0 radical (unpaired) electrons. The molecule has 0 saturated carbocycles. The summed E-state index contributed by atoms with van der Waals surface area (Å²) in [6.07, 6.45) is -1.76. The predicted octanol–water partition coefficient (Wildman–Crippen LogP) is 0.937. The first kappa shape index (κ1) is 16.0. The summed E-state index contributed by atoms with van der Waals surface area (Å²) in [5, 5.41) is 19.4. The van der Waals surface area contributed by atoms with Crippen molar-refractivity contribution in [1.82, 2.24) is 4.90 Å². The zero-order chi connectivity index (χ0) is 14.4. The van der Waals surface area contributed by atoms with Gasteiger partial charge in [0.2, 0.25) is 0 Å². The highest BCUT2D eigenvalue weighted by Crippen LogP contribution is 2.18. The lowest BCUT2D eigenvalue weighted by atomic mass is 10.1. The number of halogens is 2. The Morgan fingerprint density at radius 1 is 1.26 bits per heavy atom. The smallest absolute Gasteiger partial charge is 0.131 e. The Bertz CT molecular complexity index is 403. The fourth-order valence-corrected chi connectivity index (χ4v) is 1.84. The monoisotopic (exact) mass is 275 g/mol. The van der Waals surface area contributed by atoms with Crippen LogP contribution in [0.5, 0.6) is 0 Å². The van der Waals surface area contributed by atoms with E-state index in [1.165, 1.54) is 13.2 Å². The molecule has 1 aromatic rings. The average Bonchev–Trinajstić information content (AvgIpc) is 2.28. The lowest BCUT2D eigenvalue weighted by molar-refractivity contribution is 0.0314. The molecule has 2 atom stereocenters. The Morgan fingerprint density at radius 2 is 1.95 bits per heavy atom. The third-order valence-electron chi connectivity index (χ3n) is 2.69. The minimum atomic E-state index is -1.08. The topological polar surface area (TPSA) is 52.9 Å². The minimum Gasteiger partial charge on any atom is -0.389 e. The summed E-state index contributed by atoms with van der Waals surface area (Å²) in [4.78, 5) is 1.65. The zero-order valence-corrected chi connectivity index (χ0v) is 11.0. The molecular weight excluding hydrogens is 256 g/mol. The molecule has 0 bridgehead atoms. The van der Waals surface area contributed by atoms with Crippen molar-refractivity contribution in [3.8, 4) is 0 Å². The van der Waals surface area contributed by atoms with Crippen molar-refractivity contribution < 1.29 is 23.7 Å². The van der Waals surface area contributed by atoms with Crippen LogP contribution in [0.2, 0.25) is 0 Å². The fraction of sp³-hybridized carbons (Fsp3) is 0.538. The van der Waals surface area contributed by atoms with Crippen LogP contribution in [0.3, 0.4) is 0 Å². The summed E-state index contributed by atoms with van der Waals surface area (Å²) in [5.41, 5.74) is 0.0366. The predicted molar refractivity (Wildman–Crippen MR) is 66.7 cm³/mol. The molecule has 0 aliphatic heterocycles. The van der Waals surface area contributed by atoms with Gasteiger partial charge < -0.3 is 19.8 Å². The summed E-state index contributed by atoms with van der Waals surface area (Å²) in [6.45, 7) is 0.600. The first-order valence-electron chi connectivity index (χ1n) is 5.92. The number of hydrogen-bond acceptors (Lipinski definition) is 4. The standard InChI is InChI=1S/C13H19F2NO3/c1-16(6-10(17)8-19-2)7-13(18)11-4-3-9(14)5-12(11)15/h3-5,10,13,17-18H,6-8H2,1-2H3/t10-,13-/m0/s1. The van der Waals surface area contributed by atoms with Gasteiger partial charge in [0.15, 0.2) is 0 Å². The van der Waals surface area contributed by atoms with Crippen molar-refractivity contribution >= 4 is 0 Å². The van der Waals surface area contributed by atoms with Gasteiger partial charge in [0.25, 0.3) is 0 Å². The van der Waals surface area contributed by atoms with Crippen LogP contribution < -0.4 is 0 Å². The van der Waals surface area contributed by atoms with Gasteiger partial charge >= 0.3 is 0 Å². The molecule has 0 spiro atoms. The summed E-state index contributed by atoms with van der Waals surface area (Å²) in [6, 6.07) is 3.05. The molecule has 0 unspecified atom stereocenters. The number of likely N-dealkylation sites (N-methyl/N-ethyl adjacent to an activating group) is 1. The van der Waals surface area contributed by atoms with Gasteiger partial charge in [-0.15, -0.1) is 0 Å². The quantitative estimate of drug-likeness (QED) is 0.777. The molecule has 2 N–H and O–H groups in total. The number of benzene rings is 1. The number of aliphatic hydroxyl groups excluding tert-OH is 2. The molecule has 0 aromatic heterocycles. The van der Waals surface area contributed by atoms with E-state index in [1.54, 1.807) is 11.9 Å². The number of rotatable bonds is 7. The van der Waals surface area contributed by atoms with Crippen LogP contribution in [0.25, 0.3) is 0 Å². The second-order valence-corrected chi connectivity index (χ2v) is 4.51. The Kier molecular flexibility index (Phi) is 6.30. The molecule has 1 rings (SSSR count). The highest BCUT2D eigenvalue weighted by molar-refractivity contribution is 5.21. The Morgan fingerprint density at radius 3 is 2.53 bits per heavy atom. The summed E-state index contributed by atoms with van der Waals surface area (Å²) in [5.74, 6) is -1.46. The van der Waals surface area contributed by atoms with Crippen molar-refractivity contribution in [1.29, 1.82) is 0 Å². The number of hydrogen-bond donors (Lipinski definition) is 2. The maximum absolute atomic E-state index is 13.4. The van der Waals surface area contributed by atoms with Gasteiger partial charge in [0, 0.05) is 31.8 Å². The van der Waals surface area contributed by atoms with Gasteiger partial charge in [-0.05, 0) is 13.1 Å². The van der Waals surface area contributed by atoms with E-state index in [0.717, 1.165) is 12.1 Å². The maximum atomic E-state index is 13.4. The lowest BCUT2D eigenvalue weighted by Crippen LogP contribution is -2.34. The molecule has 0 amide bonds. The third-order valence-corrected chi connectivity index (χ3v) is 2.69. The minimum absolute atomic E-state index is 0.0366. The van der Waals surface area contributed by atoms with E-state index in [4.69, 9.17) is 4.74 Å². The fourth-order valence-electron chi connectivity index (χ4n) is 1.84. The van der Waals surface area contributed by atoms with E-state index in [-0.39, 0.29) is 25.3 Å². The molecule has 0 saturated heterocycles. The largest absolute Gasteiger partial charge is 0.389 e. The lowest BCUT2D eigenvalue weighted by Gasteiger charge is -2.23. The SMILES string of the molecule is COC[C@@H](O)CN(C)C[C@H](O)c1ccc(F)cc1F. The van der Waals surface area contributed by atoms with Gasteiger partial charge in [-0.1, -0.05) is 6.07 Å². The number of nitrogens with zero attached hydrogens (tertiary/aromatic N) is 1. The molecule has 0 heterocycles. The van der Waals surface area contributed by atoms with E-state index in [9.17, 15) is 19.0 Å². The highest BCUT2D eigenvalue weighted by atomic mass is 19.1. The first-order valence-corrected chi connectivity index (χ1v) is 5.92. The highest BCUT2D eigenvalue weighted by Gasteiger charge is 2.17. The van der Waals surface area contributed by atoms with Crippen molar-refractivity contribution in [2.24, 2.45) is 0 Å². The van der Waals surface area contributed by atoms with Gasteiger partial charge in [-0.25, -0.2) is 8.78 Å². The van der Waals surface area contributed by atoms with E-state index < -0.39 is 23.8 Å². The van der Waals surface area contributed by atoms with E-state index in [2.05, 4.69) is 0 Å². The van der Waals surface area contributed by atoms with E-state index in [0.29, 0.717) is 0 Å². The van der Waals surface area contributed by atoms with Crippen LogP contribution in [0.15, 0.2) is 18.2 Å². The Balaban J connectivity index is 2.56. The van der Waals surface area contributed by atoms with Gasteiger partial charge in [0.05, 0.1) is 18.8 Å². The molecule has 1 aromatic carbocycles. The second-order valence-electron chi connectivity index (χ2n) is 4.51. The molecule has 0 aliphatic rings. The van der Waals surface area contributed by atoms with Gasteiger partial charge in [-0.3, -0.25) is 0 Å². The summed E-state index contributed by atoms with van der Waals surface area (Å²) >= 11 is 0. The molecule has 0 fully saturated rings. The maximum Gasteiger partial charge on any atom is 0.131 e. The molecule has 6 heteroatoms. The van der Waals surface area contributed by atoms with Gasteiger partial charge in [-0.2, -0.15) is 0 Å². The van der Waals surface area contributed by atoms with Crippen molar-refractivity contribution in [2.45, 2.75) is 12.2 Å². The van der Waals surface area contributed by atoms with Crippen LogP contribution in [0, 0.1) is 11.6 Å². The number of ether oxygens (including phenoxy) is 1. The molecule has 108 valence electrons. The summed E-state index contributed by atoms with van der Waals surface area (Å²) in [7, 11) is 3.16. The van der Waals surface area contributed by atoms with Crippen molar-refractivity contribution in [2.75, 3.05) is 33.9 Å². The Hall–Kier alpha value is -1.08. The second kappa shape index (κ2) is 7.49. The Labute approximate surface area is 111 Å². The summed E-state index contributed by atoms with van der Waals surface area (Å²) < 4.78 is 31.0. The molecular formula is C13H19F2NO3. The van der Waals surface area contributed by atoms with E-state index >= 15 is 0 Å². The van der Waals surface area contributed by atoms with Crippen molar-refractivity contribution in [3.63, 3.8) is 0 Å². The first-order chi connectivity index (χ1) is 8.93. The molecule has 19 heavy (non-hydrogen) atoms. The van der Waals surface area contributed by atoms with Gasteiger partial charge in [0.1, 0.15) is 11.6 Å². The number of aliphatic hydroxyl groups is 2. The average molecular weight is 275 g/mol. The van der Waals surface area contributed by atoms with Crippen LogP contribution >= 0.6 is 0 Å². The molecule has 0 aliphatic carbocycles.